The summed E-state index contributed by atoms with van der Waals surface area (Å²) in [4.78, 5) is 0. The van der Waals surface area contributed by atoms with Gasteiger partial charge in [-0.15, -0.1) is 0 Å². The Kier molecular flexibility index (Phi) is 6.87. The minimum atomic E-state index is -3.06. The van der Waals surface area contributed by atoms with Crippen LogP contribution in [0.2, 0.25) is 0 Å². The Labute approximate surface area is 107 Å². The standard InChI is InChI=1S/C12H28O4Si/c1-9-13-17(14-10(2)3,15-11(4)5)16-12(6,7)8/h10-11H,9H2,1-8H3. The van der Waals surface area contributed by atoms with Crippen LogP contribution in [0, 0.1) is 0 Å². The van der Waals surface area contributed by atoms with Gasteiger partial charge in [0.1, 0.15) is 0 Å². The molecule has 0 amide bonds. The lowest BCUT2D eigenvalue weighted by atomic mass is 10.2. The third-order valence-electron chi connectivity index (χ3n) is 1.51. The van der Waals surface area contributed by atoms with Gasteiger partial charge in [0.25, 0.3) is 0 Å². The van der Waals surface area contributed by atoms with Gasteiger partial charge in [-0.25, -0.2) is 0 Å². The molecular weight excluding hydrogens is 236 g/mol. The highest BCUT2D eigenvalue weighted by Gasteiger charge is 2.50. The van der Waals surface area contributed by atoms with E-state index in [2.05, 4.69) is 0 Å². The zero-order chi connectivity index (χ0) is 13.7. The Morgan fingerprint density at radius 1 is 0.941 bits per heavy atom. The highest BCUT2D eigenvalue weighted by atomic mass is 28.4. The van der Waals surface area contributed by atoms with Crippen molar-refractivity contribution in [3.63, 3.8) is 0 Å². The van der Waals surface area contributed by atoms with Gasteiger partial charge < -0.3 is 17.7 Å². The summed E-state index contributed by atoms with van der Waals surface area (Å²) in [5.41, 5.74) is -0.356. The second kappa shape index (κ2) is 6.85. The average Bonchev–Trinajstić information content (AvgIpc) is 1.95. The predicted molar refractivity (Wildman–Crippen MR) is 70.7 cm³/mol. The van der Waals surface area contributed by atoms with Crippen molar-refractivity contribution in [2.24, 2.45) is 0 Å². The van der Waals surface area contributed by atoms with Crippen molar-refractivity contribution in [3.8, 4) is 0 Å². The first-order valence-electron chi connectivity index (χ1n) is 6.30. The molecule has 0 fully saturated rings. The lowest BCUT2D eigenvalue weighted by molar-refractivity contribution is -0.0961. The van der Waals surface area contributed by atoms with E-state index < -0.39 is 9.05 Å². The summed E-state index contributed by atoms with van der Waals surface area (Å²) in [5.74, 6) is 0. The van der Waals surface area contributed by atoms with Crippen LogP contribution in [-0.4, -0.2) is 33.5 Å². The summed E-state index contributed by atoms with van der Waals surface area (Å²) in [5, 5.41) is 0. The number of hydrogen-bond acceptors (Lipinski definition) is 4. The molecule has 17 heavy (non-hydrogen) atoms. The maximum absolute atomic E-state index is 5.96. The van der Waals surface area contributed by atoms with E-state index in [0.29, 0.717) is 6.61 Å². The van der Waals surface area contributed by atoms with Crippen LogP contribution in [0.1, 0.15) is 55.4 Å². The molecule has 0 spiro atoms. The first-order valence-corrected chi connectivity index (χ1v) is 7.93. The van der Waals surface area contributed by atoms with Crippen LogP contribution in [0.3, 0.4) is 0 Å². The molecule has 0 bridgehead atoms. The molecule has 5 heteroatoms. The van der Waals surface area contributed by atoms with E-state index in [0.717, 1.165) is 0 Å². The molecule has 0 saturated carbocycles. The summed E-state index contributed by atoms with van der Waals surface area (Å²) in [6.07, 6.45) is 0.0173. The highest BCUT2D eigenvalue weighted by Crippen LogP contribution is 2.23. The van der Waals surface area contributed by atoms with Crippen LogP contribution in [0.15, 0.2) is 0 Å². The molecule has 0 aromatic rings. The van der Waals surface area contributed by atoms with Gasteiger partial charge in [0.2, 0.25) is 0 Å². The van der Waals surface area contributed by atoms with Crippen molar-refractivity contribution in [3.05, 3.63) is 0 Å². The van der Waals surface area contributed by atoms with Crippen molar-refractivity contribution in [2.75, 3.05) is 6.61 Å². The molecule has 4 nitrogen and oxygen atoms in total. The van der Waals surface area contributed by atoms with E-state index in [1.54, 1.807) is 0 Å². The van der Waals surface area contributed by atoms with Crippen LogP contribution >= 0.6 is 0 Å². The van der Waals surface area contributed by atoms with E-state index in [1.165, 1.54) is 0 Å². The van der Waals surface area contributed by atoms with Crippen molar-refractivity contribution >= 4 is 9.05 Å². The molecule has 0 radical (unpaired) electrons. The topological polar surface area (TPSA) is 36.9 Å². The molecule has 0 atom stereocenters. The van der Waals surface area contributed by atoms with Gasteiger partial charge in [-0.2, -0.15) is 0 Å². The Morgan fingerprint density at radius 3 is 1.59 bits per heavy atom. The predicted octanol–water partition coefficient (Wildman–Crippen LogP) is 3.12. The Balaban J connectivity index is 4.93. The molecule has 0 heterocycles. The van der Waals surface area contributed by atoms with E-state index in [1.807, 2.05) is 55.4 Å². The number of rotatable bonds is 7. The third kappa shape index (κ3) is 7.89. The van der Waals surface area contributed by atoms with Crippen molar-refractivity contribution in [1.82, 2.24) is 0 Å². The first-order chi connectivity index (χ1) is 7.60. The Hall–Kier alpha value is 0.0569. The Bertz CT molecular complexity index is 201. The van der Waals surface area contributed by atoms with E-state index >= 15 is 0 Å². The SMILES string of the molecule is CCO[Si](OC(C)C)(OC(C)C)OC(C)(C)C. The normalized spacial score (nSPS) is 13.8. The fourth-order valence-electron chi connectivity index (χ4n) is 1.30. The lowest BCUT2D eigenvalue weighted by Crippen LogP contribution is -2.55. The third-order valence-corrected chi connectivity index (χ3v) is 4.54. The quantitative estimate of drug-likeness (QED) is 0.662. The van der Waals surface area contributed by atoms with Crippen molar-refractivity contribution in [1.29, 1.82) is 0 Å². The van der Waals surface area contributed by atoms with E-state index in [-0.39, 0.29) is 17.8 Å². The molecule has 104 valence electrons. The van der Waals surface area contributed by atoms with Crippen LogP contribution in [0.5, 0.6) is 0 Å². The molecule has 0 aliphatic heterocycles. The van der Waals surface area contributed by atoms with Gasteiger partial charge >= 0.3 is 9.05 Å². The Morgan fingerprint density at radius 2 is 1.35 bits per heavy atom. The smallest absolute Gasteiger partial charge is 0.351 e. The van der Waals surface area contributed by atoms with Crippen molar-refractivity contribution in [2.45, 2.75) is 73.2 Å². The van der Waals surface area contributed by atoms with Gasteiger partial charge in [0, 0.05) is 18.8 Å². The second-order valence-electron chi connectivity index (χ2n) is 5.48. The largest absolute Gasteiger partial charge is 0.680 e. The van der Waals surface area contributed by atoms with Crippen LogP contribution in [0.25, 0.3) is 0 Å². The highest BCUT2D eigenvalue weighted by molar-refractivity contribution is 6.53. The van der Waals surface area contributed by atoms with E-state index in [4.69, 9.17) is 17.7 Å². The molecule has 0 aliphatic rings. The van der Waals surface area contributed by atoms with Gasteiger partial charge in [0.05, 0.1) is 5.60 Å². The maximum Gasteiger partial charge on any atom is 0.680 e. The molecular formula is C12H28O4Si. The van der Waals surface area contributed by atoms with Gasteiger partial charge in [-0.05, 0) is 55.4 Å². The summed E-state index contributed by atoms with van der Waals surface area (Å²) in [7, 11) is -3.06. The first kappa shape index (κ1) is 17.1. The zero-order valence-corrected chi connectivity index (χ0v) is 13.5. The molecule has 0 N–H and O–H groups in total. The summed E-state index contributed by atoms with van der Waals surface area (Å²) in [6.45, 7) is 16.2. The van der Waals surface area contributed by atoms with Crippen molar-refractivity contribution < 1.29 is 17.7 Å². The van der Waals surface area contributed by atoms with Crippen LogP contribution in [0.4, 0.5) is 0 Å². The fraction of sp³-hybridized carbons (Fsp3) is 1.00. The van der Waals surface area contributed by atoms with Crippen LogP contribution < -0.4 is 0 Å². The van der Waals surface area contributed by atoms with Gasteiger partial charge in [-0.3, -0.25) is 0 Å². The van der Waals surface area contributed by atoms with E-state index in [9.17, 15) is 0 Å². The molecule has 0 rings (SSSR count). The fourth-order valence-corrected chi connectivity index (χ4v) is 3.91. The molecule has 0 aromatic heterocycles. The zero-order valence-electron chi connectivity index (χ0n) is 12.5. The maximum atomic E-state index is 5.96. The van der Waals surface area contributed by atoms with Gasteiger partial charge in [0.15, 0.2) is 0 Å². The molecule has 0 aromatic carbocycles. The molecule has 0 unspecified atom stereocenters. The minimum Gasteiger partial charge on any atom is -0.351 e. The summed E-state index contributed by atoms with van der Waals surface area (Å²) < 4.78 is 23.3. The summed E-state index contributed by atoms with van der Waals surface area (Å²) in [6, 6.07) is 0. The monoisotopic (exact) mass is 264 g/mol. The molecule has 0 saturated heterocycles. The van der Waals surface area contributed by atoms with Crippen LogP contribution in [-0.2, 0) is 17.7 Å². The minimum absolute atomic E-state index is 0.00863. The lowest BCUT2D eigenvalue weighted by Gasteiger charge is -2.35. The molecule has 0 aliphatic carbocycles. The van der Waals surface area contributed by atoms with Gasteiger partial charge in [-0.1, -0.05) is 0 Å². The average molecular weight is 264 g/mol. The second-order valence-corrected chi connectivity index (χ2v) is 7.44. The number of hydrogen-bond donors (Lipinski definition) is 0. The summed E-state index contributed by atoms with van der Waals surface area (Å²) >= 11 is 0.